The molecule has 0 saturated carbocycles. The monoisotopic (exact) mass is 299 g/mol. The maximum atomic E-state index is 6.25. The Morgan fingerprint density at radius 2 is 2.11 bits per heavy atom. The highest BCUT2D eigenvalue weighted by Gasteiger charge is 2.14. The summed E-state index contributed by atoms with van der Waals surface area (Å²) in [5.74, 6) is 0.539. The Morgan fingerprint density at radius 3 is 2.74 bits per heavy atom. The maximum Gasteiger partial charge on any atom is 0.140 e. The van der Waals surface area contributed by atoms with Gasteiger partial charge in [-0.15, -0.1) is 0 Å². The average molecular weight is 300 g/mol. The highest BCUT2D eigenvalue weighted by atomic mass is 35.5. The summed E-state index contributed by atoms with van der Waals surface area (Å²) in [5.41, 5.74) is 7.98. The van der Waals surface area contributed by atoms with Gasteiger partial charge in [0.1, 0.15) is 12.4 Å². The number of hydrogen-bond acceptors (Lipinski definition) is 3. The van der Waals surface area contributed by atoms with E-state index in [9.17, 15) is 0 Å². The van der Waals surface area contributed by atoms with E-state index in [1.54, 1.807) is 22.9 Å². The number of aryl methyl sites for hydroxylation is 2. The third-order valence-electron chi connectivity index (χ3n) is 2.82. The molecule has 4 nitrogen and oxygen atoms in total. The van der Waals surface area contributed by atoms with Crippen LogP contribution >= 0.6 is 23.2 Å². The van der Waals surface area contributed by atoms with E-state index < -0.39 is 0 Å². The van der Waals surface area contributed by atoms with Gasteiger partial charge in [-0.25, -0.2) is 0 Å². The first-order valence-electron chi connectivity index (χ1n) is 5.91. The Labute approximate surface area is 122 Å². The van der Waals surface area contributed by atoms with E-state index in [1.165, 1.54) is 0 Å². The van der Waals surface area contributed by atoms with Crippen LogP contribution in [0.1, 0.15) is 18.3 Å². The van der Waals surface area contributed by atoms with Crippen molar-refractivity contribution in [2.75, 3.05) is 5.73 Å². The summed E-state index contributed by atoms with van der Waals surface area (Å²) in [6.45, 7) is 2.30. The van der Waals surface area contributed by atoms with E-state index in [-0.39, 0.29) is 0 Å². The summed E-state index contributed by atoms with van der Waals surface area (Å²) in [5, 5.41) is 5.49. The van der Waals surface area contributed by atoms with Gasteiger partial charge in [0.2, 0.25) is 0 Å². The van der Waals surface area contributed by atoms with Crippen LogP contribution in [0, 0.1) is 0 Å². The number of nitrogens with two attached hydrogens (primary N) is 1. The molecule has 0 atom stereocenters. The Balaban J connectivity index is 2.19. The third kappa shape index (κ3) is 2.96. The zero-order valence-corrected chi connectivity index (χ0v) is 12.3. The Kier molecular flexibility index (Phi) is 4.22. The van der Waals surface area contributed by atoms with Crippen LogP contribution in [-0.2, 0) is 20.1 Å². The zero-order chi connectivity index (χ0) is 14.0. The molecule has 1 aromatic carbocycles. The fraction of sp³-hybridized carbons (Fsp3) is 0.308. The van der Waals surface area contributed by atoms with Gasteiger partial charge in [0.15, 0.2) is 0 Å². The van der Waals surface area contributed by atoms with E-state index in [0.29, 0.717) is 28.1 Å². The van der Waals surface area contributed by atoms with Crippen molar-refractivity contribution in [2.45, 2.75) is 20.0 Å². The first-order valence-corrected chi connectivity index (χ1v) is 6.66. The molecule has 0 aliphatic heterocycles. The molecule has 0 fully saturated rings. The van der Waals surface area contributed by atoms with Crippen molar-refractivity contribution in [3.63, 3.8) is 0 Å². The van der Waals surface area contributed by atoms with E-state index in [2.05, 4.69) is 5.10 Å². The molecule has 0 aliphatic rings. The molecule has 0 aliphatic carbocycles. The molecule has 0 amide bonds. The quantitative estimate of drug-likeness (QED) is 0.880. The van der Waals surface area contributed by atoms with Gasteiger partial charge in [0.25, 0.3) is 0 Å². The number of benzene rings is 1. The minimum Gasteiger partial charge on any atom is -0.486 e. The fourth-order valence-electron chi connectivity index (χ4n) is 1.75. The van der Waals surface area contributed by atoms with Crippen LogP contribution < -0.4 is 10.5 Å². The molecule has 0 spiro atoms. The largest absolute Gasteiger partial charge is 0.486 e. The van der Waals surface area contributed by atoms with Gasteiger partial charge in [0, 0.05) is 18.8 Å². The van der Waals surface area contributed by atoms with Crippen LogP contribution in [0.15, 0.2) is 18.2 Å². The van der Waals surface area contributed by atoms with Crippen LogP contribution in [0.25, 0.3) is 0 Å². The van der Waals surface area contributed by atoms with Crippen molar-refractivity contribution in [1.82, 2.24) is 9.78 Å². The van der Waals surface area contributed by atoms with E-state index in [0.717, 1.165) is 17.8 Å². The lowest BCUT2D eigenvalue weighted by Gasteiger charge is -2.09. The van der Waals surface area contributed by atoms with Gasteiger partial charge in [-0.05, 0) is 18.6 Å². The predicted octanol–water partition coefficient (Wildman–Crippen LogP) is 3.45. The molecular formula is C13H15Cl2N3O. The second-order valence-corrected chi connectivity index (χ2v) is 4.95. The summed E-state index contributed by atoms with van der Waals surface area (Å²) in [7, 11) is 1.84. The lowest BCUT2D eigenvalue weighted by atomic mass is 10.3. The molecule has 2 rings (SSSR count). The molecular weight excluding hydrogens is 285 g/mol. The topological polar surface area (TPSA) is 53.1 Å². The second-order valence-electron chi connectivity index (χ2n) is 4.16. The molecule has 2 aromatic rings. The first-order chi connectivity index (χ1) is 9.02. The molecule has 102 valence electrons. The van der Waals surface area contributed by atoms with E-state index >= 15 is 0 Å². The Bertz CT molecular complexity index is 596. The number of halogens is 2. The molecule has 6 heteroatoms. The number of nitrogen functional groups attached to an aromatic ring is 1. The highest BCUT2D eigenvalue weighted by Crippen LogP contribution is 2.28. The fourth-order valence-corrected chi connectivity index (χ4v) is 2.27. The van der Waals surface area contributed by atoms with Crippen LogP contribution in [-0.4, -0.2) is 9.78 Å². The lowest BCUT2D eigenvalue weighted by molar-refractivity contribution is 0.295. The number of ether oxygens (including phenoxy) is 1. The normalized spacial score (nSPS) is 10.7. The van der Waals surface area contributed by atoms with E-state index in [1.807, 2.05) is 14.0 Å². The molecule has 0 unspecified atom stereocenters. The number of rotatable bonds is 4. The van der Waals surface area contributed by atoms with Crippen LogP contribution in [0.5, 0.6) is 5.75 Å². The molecule has 0 saturated heterocycles. The van der Waals surface area contributed by atoms with Gasteiger partial charge in [-0.3, -0.25) is 4.68 Å². The number of aromatic nitrogens is 2. The summed E-state index contributed by atoms with van der Waals surface area (Å²) in [6, 6.07) is 5.11. The molecule has 0 bridgehead atoms. The SMILES string of the molecule is CCc1nn(C)c(COc2cc(N)ccc2Cl)c1Cl. The van der Waals surface area contributed by atoms with Gasteiger partial charge in [0.05, 0.1) is 21.4 Å². The summed E-state index contributed by atoms with van der Waals surface area (Å²) in [4.78, 5) is 0. The summed E-state index contributed by atoms with van der Waals surface area (Å²) < 4.78 is 7.39. The molecule has 1 aromatic heterocycles. The van der Waals surface area contributed by atoms with Gasteiger partial charge >= 0.3 is 0 Å². The first kappa shape index (κ1) is 14.0. The minimum absolute atomic E-state index is 0.297. The summed E-state index contributed by atoms with van der Waals surface area (Å²) >= 11 is 12.3. The molecule has 2 N–H and O–H groups in total. The lowest BCUT2D eigenvalue weighted by Crippen LogP contribution is -2.04. The van der Waals surface area contributed by atoms with Crippen molar-refractivity contribution in [1.29, 1.82) is 0 Å². The van der Waals surface area contributed by atoms with Gasteiger partial charge in [-0.2, -0.15) is 5.10 Å². The van der Waals surface area contributed by atoms with Crippen molar-refractivity contribution >= 4 is 28.9 Å². The number of hydrogen-bond donors (Lipinski definition) is 1. The van der Waals surface area contributed by atoms with Crippen molar-refractivity contribution in [3.05, 3.63) is 39.6 Å². The number of anilines is 1. The second kappa shape index (κ2) is 5.72. The number of nitrogens with zero attached hydrogens (tertiary/aromatic N) is 2. The Hall–Kier alpha value is -1.39. The minimum atomic E-state index is 0.297. The third-order valence-corrected chi connectivity index (χ3v) is 3.57. The Morgan fingerprint density at radius 1 is 1.37 bits per heavy atom. The van der Waals surface area contributed by atoms with Gasteiger partial charge in [-0.1, -0.05) is 30.1 Å². The average Bonchev–Trinajstić information content (AvgIpc) is 2.66. The predicted molar refractivity (Wildman–Crippen MR) is 77.8 cm³/mol. The zero-order valence-electron chi connectivity index (χ0n) is 10.8. The highest BCUT2D eigenvalue weighted by molar-refractivity contribution is 6.32. The standard InChI is InChI=1S/C13H15Cl2N3O/c1-3-10-13(15)11(18(2)17-10)7-19-12-6-8(16)4-5-9(12)14/h4-6H,3,7,16H2,1-2H3. The van der Waals surface area contributed by atoms with Crippen LogP contribution in [0.2, 0.25) is 10.0 Å². The van der Waals surface area contributed by atoms with Gasteiger partial charge < -0.3 is 10.5 Å². The molecule has 0 radical (unpaired) electrons. The van der Waals surface area contributed by atoms with Crippen LogP contribution in [0.4, 0.5) is 5.69 Å². The molecule has 1 heterocycles. The smallest absolute Gasteiger partial charge is 0.140 e. The molecule has 19 heavy (non-hydrogen) atoms. The summed E-state index contributed by atoms with van der Waals surface area (Å²) in [6.07, 6.45) is 0.783. The maximum absolute atomic E-state index is 6.25. The van der Waals surface area contributed by atoms with E-state index in [4.69, 9.17) is 33.7 Å². The van der Waals surface area contributed by atoms with Crippen LogP contribution in [0.3, 0.4) is 0 Å². The van der Waals surface area contributed by atoms with Crippen molar-refractivity contribution < 1.29 is 4.74 Å². The van der Waals surface area contributed by atoms with Crippen molar-refractivity contribution in [3.8, 4) is 5.75 Å². The van der Waals surface area contributed by atoms with Crippen molar-refractivity contribution in [2.24, 2.45) is 7.05 Å².